The van der Waals surface area contributed by atoms with Gasteiger partial charge in [0.05, 0.1) is 0 Å². The van der Waals surface area contributed by atoms with Gasteiger partial charge in [0.1, 0.15) is 0 Å². The zero-order chi connectivity index (χ0) is 22.3. The van der Waals surface area contributed by atoms with Crippen LogP contribution in [0.5, 0.6) is 0 Å². The van der Waals surface area contributed by atoms with Crippen LogP contribution in [-0.4, -0.2) is 56.0 Å². The molecule has 2 aromatic carbocycles. The first-order valence-corrected chi connectivity index (χ1v) is 11.8. The number of rotatable bonds is 5. The smallest absolute Gasteiger partial charge is 0.253 e. The lowest BCUT2D eigenvalue weighted by Crippen LogP contribution is -2.44. The molecule has 2 heterocycles. The number of halogens is 1. The number of carbonyl (C=O) groups excluding carboxylic acids is 1. The van der Waals surface area contributed by atoms with Gasteiger partial charge in [-0.25, -0.2) is 0 Å². The molecule has 7 heteroatoms. The number of hydrogen-bond donors (Lipinski definition) is 2. The van der Waals surface area contributed by atoms with Crippen molar-refractivity contribution in [3.63, 3.8) is 0 Å². The van der Waals surface area contributed by atoms with Crippen molar-refractivity contribution in [3.05, 3.63) is 65.2 Å². The van der Waals surface area contributed by atoms with Gasteiger partial charge in [-0.15, -0.1) is 24.0 Å². The van der Waals surface area contributed by atoms with E-state index in [-0.39, 0.29) is 29.9 Å². The van der Waals surface area contributed by atoms with Gasteiger partial charge in [-0.05, 0) is 62.4 Å². The summed E-state index contributed by atoms with van der Waals surface area (Å²) in [6.07, 6.45) is 4.55. The maximum absolute atomic E-state index is 12.6. The Balaban J connectivity index is 0.00000306. The van der Waals surface area contributed by atoms with E-state index in [4.69, 9.17) is 0 Å². The number of piperidine rings is 1. The largest absolute Gasteiger partial charge is 0.369 e. The fraction of sp³-hybridized carbons (Fsp3) is 0.462. The highest BCUT2D eigenvalue weighted by Gasteiger charge is 2.23. The molecule has 0 saturated carbocycles. The van der Waals surface area contributed by atoms with Crippen molar-refractivity contribution < 1.29 is 4.79 Å². The first-order chi connectivity index (χ1) is 15.6. The highest BCUT2D eigenvalue weighted by atomic mass is 127. The molecule has 178 valence electrons. The van der Waals surface area contributed by atoms with E-state index in [1.807, 2.05) is 36.2 Å². The minimum atomic E-state index is 0. The average molecular weight is 562 g/mol. The summed E-state index contributed by atoms with van der Waals surface area (Å²) < 4.78 is 0. The van der Waals surface area contributed by atoms with Crippen LogP contribution in [-0.2, 0) is 6.54 Å². The molecule has 2 saturated heterocycles. The minimum Gasteiger partial charge on any atom is -0.369 e. The highest BCUT2D eigenvalue weighted by Crippen LogP contribution is 2.20. The second-order valence-electron chi connectivity index (χ2n) is 8.89. The first kappa shape index (κ1) is 25.3. The van der Waals surface area contributed by atoms with E-state index in [2.05, 4.69) is 51.7 Å². The van der Waals surface area contributed by atoms with E-state index >= 15 is 0 Å². The van der Waals surface area contributed by atoms with E-state index in [1.54, 1.807) is 0 Å². The minimum absolute atomic E-state index is 0. The maximum atomic E-state index is 12.6. The Hall–Kier alpha value is -2.29. The predicted molar refractivity (Wildman–Crippen MR) is 147 cm³/mol. The Morgan fingerprint density at radius 3 is 2.36 bits per heavy atom. The number of amides is 1. The van der Waals surface area contributed by atoms with Crippen molar-refractivity contribution in [3.8, 4) is 0 Å². The van der Waals surface area contributed by atoms with E-state index in [0.717, 1.165) is 62.5 Å². The molecule has 6 nitrogen and oxygen atoms in total. The molecule has 1 amide bonds. The van der Waals surface area contributed by atoms with Crippen LogP contribution >= 0.6 is 24.0 Å². The molecule has 2 aromatic rings. The summed E-state index contributed by atoms with van der Waals surface area (Å²) in [6, 6.07) is 17.1. The predicted octanol–water partition coefficient (Wildman–Crippen LogP) is 4.18. The van der Waals surface area contributed by atoms with Gasteiger partial charge < -0.3 is 20.4 Å². The Morgan fingerprint density at radius 1 is 1.00 bits per heavy atom. The topological polar surface area (TPSA) is 60.0 Å². The molecule has 1 atom stereocenters. The monoisotopic (exact) mass is 561 g/mol. The molecule has 2 aliphatic rings. The summed E-state index contributed by atoms with van der Waals surface area (Å²) >= 11 is 0. The number of carbonyl (C=O) groups is 1. The van der Waals surface area contributed by atoms with E-state index in [0.29, 0.717) is 12.6 Å². The lowest BCUT2D eigenvalue weighted by atomic mass is 10.1. The molecule has 1 unspecified atom stereocenters. The second kappa shape index (κ2) is 12.3. The number of anilines is 1. The van der Waals surface area contributed by atoms with E-state index < -0.39 is 0 Å². The summed E-state index contributed by atoms with van der Waals surface area (Å²) in [4.78, 5) is 21.4. The third-order valence-corrected chi connectivity index (χ3v) is 6.46. The lowest BCUT2D eigenvalue weighted by molar-refractivity contribution is 0.0724. The SMILES string of the molecule is CN=C(NCc1ccc(C(=O)N2CCCCC2)cc1)NC1CCN(c2ccc(C)cc2)C1.I. The third-order valence-electron chi connectivity index (χ3n) is 6.46. The number of likely N-dealkylation sites (tertiary alicyclic amines) is 1. The van der Waals surface area contributed by atoms with Crippen LogP contribution in [0.3, 0.4) is 0 Å². The Morgan fingerprint density at radius 2 is 1.70 bits per heavy atom. The zero-order valence-electron chi connectivity index (χ0n) is 19.7. The van der Waals surface area contributed by atoms with Crippen LogP contribution in [0.25, 0.3) is 0 Å². The molecule has 2 aliphatic heterocycles. The van der Waals surface area contributed by atoms with E-state index in [9.17, 15) is 4.79 Å². The normalized spacial score (nSPS) is 18.6. The fourth-order valence-electron chi connectivity index (χ4n) is 4.49. The molecule has 0 spiro atoms. The van der Waals surface area contributed by atoms with Crippen LogP contribution in [0.4, 0.5) is 5.69 Å². The number of nitrogens with zero attached hydrogens (tertiary/aromatic N) is 3. The van der Waals surface area contributed by atoms with Crippen LogP contribution in [0.1, 0.15) is 47.2 Å². The molecule has 4 rings (SSSR count). The first-order valence-electron chi connectivity index (χ1n) is 11.8. The van der Waals surface area contributed by atoms with Crippen LogP contribution in [0.15, 0.2) is 53.5 Å². The van der Waals surface area contributed by atoms with Gasteiger partial charge in [-0.3, -0.25) is 9.79 Å². The van der Waals surface area contributed by atoms with Crippen molar-refractivity contribution in [1.82, 2.24) is 15.5 Å². The molecule has 2 N–H and O–H groups in total. The number of aliphatic imine (C=N–C) groups is 1. The van der Waals surface area contributed by atoms with Crippen molar-refractivity contribution >= 4 is 41.5 Å². The summed E-state index contributed by atoms with van der Waals surface area (Å²) in [5.41, 5.74) is 4.48. The quantitative estimate of drug-likeness (QED) is 0.327. The number of guanidine groups is 1. The van der Waals surface area contributed by atoms with Gasteiger partial charge in [-0.1, -0.05) is 29.8 Å². The Labute approximate surface area is 214 Å². The van der Waals surface area contributed by atoms with Crippen molar-refractivity contribution in [2.45, 2.75) is 45.2 Å². The molecule has 0 radical (unpaired) electrons. The summed E-state index contributed by atoms with van der Waals surface area (Å²) in [7, 11) is 1.81. The van der Waals surface area contributed by atoms with Gasteiger partial charge in [0, 0.05) is 57.1 Å². The summed E-state index contributed by atoms with van der Waals surface area (Å²) in [5.74, 6) is 0.968. The van der Waals surface area contributed by atoms with Gasteiger partial charge in [0.25, 0.3) is 5.91 Å². The molecule has 33 heavy (non-hydrogen) atoms. The van der Waals surface area contributed by atoms with Crippen LogP contribution in [0, 0.1) is 6.92 Å². The lowest BCUT2D eigenvalue weighted by Gasteiger charge is -2.26. The van der Waals surface area contributed by atoms with E-state index in [1.165, 1.54) is 17.7 Å². The van der Waals surface area contributed by atoms with Gasteiger partial charge in [-0.2, -0.15) is 0 Å². The van der Waals surface area contributed by atoms with Crippen molar-refractivity contribution in [2.24, 2.45) is 4.99 Å². The van der Waals surface area contributed by atoms with Gasteiger partial charge in [0.2, 0.25) is 0 Å². The molecular formula is C26H36IN5O. The van der Waals surface area contributed by atoms with Crippen molar-refractivity contribution in [1.29, 1.82) is 0 Å². The summed E-state index contributed by atoms with van der Waals surface area (Å²) in [6.45, 7) is 6.57. The third kappa shape index (κ3) is 6.85. The zero-order valence-corrected chi connectivity index (χ0v) is 22.0. The molecule has 0 bridgehead atoms. The number of benzene rings is 2. The number of hydrogen-bond acceptors (Lipinski definition) is 3. The number of nitrogens with one attached hydrogen (secondary N) is 2. The Bertz CT molecular complexity index is 923. The van der Waals surface area contributed by atoms with Gasteiger partial charge >= 0.3 is 0 Å². The van der Waals surface area contributed by atoms with Crippen molar-refractivity contribution in [2.75, 3.05) is 38.1 Å². The second-order valence-corrected chi connectivity index (χ2v) is 8.89. The fourth-order valence-corrected chi connectivity index (χ4v) is 4.49. The van der Waals surface area contributed by atoms with Crippen LogP contribution < -0.4 is 15.5 Å². The average Bonchev–Trinajstić information content (AvgIpc) is 3.31. The van der Waals surface area contributed by atoms with Gasteiger partial charge in [0.15, 0.2) is 5.96 Å². The highest BCUT2D eigenvalue weighted by molar-refractivity contribution is 14.0. The standard InChI is InChI=1S/C26H35N5O.HI/c1-20-6-12-24(13-7-20)31-17-14-23(19-31)29-26(27-2)28-18-21-8-10-22(11-9-21)25(32)30-15-4-3-5-16-30;/h6-13,23H,3-5,14-19H2,1-2H3,(H2,27,28,29);1H. The van der Waals surface area contributed by atoms with Crippen LogP contribution in [0.2, 0.25) is 0 Å². The maximum Gasteiger partial charge on any atom is 0.253 e. The molecule has 2 fully saturated rings. The summed E-state index contributed by atoms with van der Waals surface area (Å²) in [5, 5.41) is 6.97. The Kier molecular flexibility index (Phi) is 9.41. The molecule has 0 aromatic heterocycles. The molecular weight excluding hydrogens is 525 g/mol. The number of aryl methyl sites for hydroxylation is 1. The molecule has 0 aliphatic carbocycles.